The van der Waals surface area contributed by atoms with E-state index in [0.717, 1.165) is 19.3 Å². The van der Waals surface area contributed by atoms with E-state index < -0.39 is 46.3 Å². The van der Waals surface area contributed by atoms with Crippen LogP contribution in [0, 0.1) is 17.3 Å². The number of ketones is 1. The molecule has 1 aliphatic rings. The van der Waals surface area contributed by atoms with Crippen molar-refractivity contribution in [2.75, 3.05) is 0 Å². The normalized spacial score (nSPS) is 30.0. The van der Waals surface area contributed by atoms with Gasteiger partial charge in [-0.25, -0.2) is 0 Å². The third-order valence-electron chi connectivity index (χ3n) is 10.1. The minimum Gasteiger partial charge on any atom is -0.459 e. The highest BCUT2D eigenvalue weighted by Gasteiger charge is 2.50. The van der Waals surface area contributed by atoms with Crippen molar-refractivity contribution < 1.29 is 28.3 Å². The lowest BCUT2D eigenvalue weighted by molar-refractivity contribution is -0.159. The van der Waals surface area contributed by atoms with Crippen LogP contribution in [0.4, 0.5) is 0 Å². The van der Waals surface area contributed by atoms with Gasteiger partial charge in [0.25, 0.3) is 0 Å². The molecule has 0 amide bonds. The monoisotopic (exact) mass is 612 g/mol. The number of aliphatic hydroxyl groups is 1. The van der Waals surface area contributed by atoms with Gasteiger partial charge in [0.05, 0.1) is 24.7 Å². The zero-order valence-corrected chi connectivity index (χ0v) is 31.1. The standard InChI is InChI=1S/C33H64O6Si2/c1-23-20-18-16-17-19-21-26(25(3)34)37-28(35)22-27(38-40(12,13)31(4,5)6)33(10,11)30(36)24(2)29(23)39-41(14,15)32(7,8)9/h17,19,23-27,29,34H,16,18,20-22H2,1-15H3/b19-17-/t23-,24+,25?,26?,27-,29-/m0/s1. The number of hydrogen-bond donors (Lipinski definition) is 1. The lowest BCUT2D eigenvalue weighted by Crippen LogP contribution is -2.54. The third-order valence-corrected chi connectivity index (χ3v) is 19.1. The first-order valence-electron chi connectivity index (χ1n) is 15.8. The van der Waals surface area contributed by atoms with Gasteiger partial charge in [-0.1, -0.05) is 81.4 Å². The van der Waals surface area contributed by atoms with Crippen molar-refractivity contribution >= 4 is 28.4 Å². The summed E-state index contributed by atoms with van der Waals surface area (Å²) in [4.78, 5) is 27.9. The van der Waals surface area contributed by atoms with Gasteiger partial charge in [-0.05, 0) is 68.4 Å². The Hall–Kier alpha value is -0.806. The number of hydrogen-bond acceptors (Lipinski definition) is 6. The molecular formula is C33H64O6Si2. The Morgan fingerprint density at radius 1 is 0.951 bits per heavy atom. The Labute approximate surface area is 254 Å². The summed E-state index contributed by atoms with van der Waals surface area (Å²) in [6.45, 7) is 31.7. The zero-order chi connectivity index (χ0) is 32.2. The maximum absolute atomic E-state index is 14.5. The van der Waals surface area contributed by atoms with E-state index in [1.807, 2.05) is 26.8 Å². The Kier molecular flexibility index (Phi) is 13.3. The molecule has 0 aromatic carbocycles. The van der Waals surface area contributed by atoms with E-state index in [1.165, 1.54) is 0 Å². The molecular weight excluding hydrogens is 549 g/mol. The molecule has 0 spiro atoms. The van der Waals surface area contributed by atoms with Crippen molar-refractivity contribution in [1.82, 2.24) is 0 Å². The second-order valence-corrected chi connectivity index (χ2v) is 25.7. The molecule has 0 bridgehead atoms. The van der Waals surface area contributed by atoms with Gasteiger partial charge in [0.1, 0.15) is 11.9 Å². The molecule has 0 aromatic rings. The summed E-state index contributed by atoms with van der Waals surface area (Å²) in [5.74, 6) is -0.570. The molecule has 1 aliphatic heterocycles. The Bertz CT molecular complexity index is 894. The molecule has 1 rings (SSSR count). The van der Waals surface area contributed by atoms with Gasteiger partial charge in [-0.15, -0.1) is 0 Å². The van der Waals surface area contributed by atoms with E-state index in [-0.39, 0.29) is 40.2 Å². The number of cyclic esters (lactones) is 1. The van der Waals surface area contributed by atoms with Crippen molar-refractivity contribution in [2.45, 2.75) is 169 Å². The van der Waals surface area contributed by atoms with Gasteiger partial charge in [0.15, 0.2) is 16.6 Å². The van der Waals surface area contributed by atoms with E-state index >= 15 is 0 Å². The molecule has 0 fully saturated rings. The van der Waals surface area contributed by atoms with Crippen LogP contribution < -0.4 is 0 Å². The first-order valence-corrected chi connectivity index (χ1v) is 21.6. The number of allylic oxidation sites excluding steroid dienone is 1. The zero-order valence-electron chi connectivity index (χ0n) is 29.1. The predicted octanol–water partition coefficient (Wildman–Crippen LogP) is 8.45. The lowest BCUT2D eigenvalue weighted by atomic mass is 9.73. The van der Waals surface area contributed by atoms with Gasteiger partial charge in [-0.3, -0.25) is 9.59 Å². The SMILES string of the molecule is CC(O)C1C/C=C\CCC[C@H](C)[C@H](O[Si](C)(C)C(C)(C)C)[C@@H](C)C(=O)C(C)(C)[C@@H](O[Si](C)(C)C(C)(C)C)CC(=O)O1. The molecule has 1 N–H and O–H groups in total. The average molecular weight is 613 g/mol. The van der Waals surface area contributed by atoms with Crippen LogP contribution in [0.2, 0.25) is 36.3 Å². The number of carbonyl (C=O) groups excluding carboxylic acids is 2. The highest BCUT2D eigenvalue weighted by atomic mass is 28.4. The molecule has 0 aromatic heterocycles. The second kappa shape index (κ2) is 14.3. The van der Waals surface area contributed by atoms with E-state index in [9.17, 15) is 14.7 Å². The summed E-state index contributed by atoms with van der Waals surface area (Å²) in [5.41, 5.74) is -0.958. The maximum atomic E-state index is 14.5. The summed E-state index contributed by atoms with van der Waals surface area (Å²) in [6, 6.07) is 0. The minimum atomic E-state index is -2.36. The first kappa shape index (κ1) is 38.2. The highest BCUT2D eigenvalue weighted by Crippen LogP contribution is 2.44. The molecule has 240 valence electrons. The quantitative estimate of drug-likeness (QED) is 0.191. The van der Waals surface area contributed by atoms with Gasteiger partial charge in [-0.2, -0.15) is 0 Å². The fourth-order valence-electron chi connectivity index (χ4n) is 4.88. The highest BCUT2D eigenvalue weighted by molar-refractivity contribution is 6.74. The van der Waals surface area contributed by atoms with Crippen LogP contribution in [0.5, 0.6) is 0 Å². The third kappa shape index (κ3) is 10.4. The number of esters is 1. The molecule has 0 radical (unpaired) electrons. The summed E-state index contributed by atoms with van der Waals surface area (Å²) >= 11 is 0. The van der Waals surface area contributed by atoms with Crippen LogP contribution in [0.25, 0.3) is 0 Å². The van der Waals surface area contributed by atoms with E-state index in [4.69, 9.17) is 13.6 Å². The summed E-state index contributed by atoms with van der Waals surface area (Å²) in [7, 11) is -4.54. The van der Waals surface area contributed by atoms with Crippen molar-refractivity contribution in [3.8, 4) is 0 Å². The Morgan fingerprint density at radius 3 is 1.95 bits per heavy atom. The number of ether oxygens (including phenoxy) is 1. The number of Topliss-reactive ketones (excluding diaryl/α,β-unsaturated/α-hetero) is 1. The predicted molar refractivity (Wildman–Crippen MR) is 175 cm³/mol. The second-order valence-electron chi connectivity index (χ2n) is 16.2. The molecule has 1 heterocycles. The van der Waals surface area contributed by atoms with Crippen molar-refractivity contribution in [3.63, 3.8) is 0 Å². The van der Waals surface area contributed by atoms with Gasteiger partial charge in [0, 0.05) is 17.8 Å². The smallest absolute Gasteiger partial charge is 0.308 e. The van der Waals surface area contributed by atoms with E-state index in [2.05, 4.69) is 80.7 Å². The van der Waals surface area contributed by atoms with Crippen molar-refractivity contribution in [2.24, 2.45) is 17.3 Å². The summed E-state index contributed by atoms with van der Waals surface area (Å²) in [6.07, 6.45) is 4.98. The van der Waals surface area contributed by atoms with Crippen LogP contribution in [0.3, 0.4) is 0 Å². The number of carbonyl (C=O) groups is 2. The fraction of sp³-hybridized carbons (Fsp3) is 0.879. The van der Waals surface area contributed by atoms with Crippen LogP contribution in [0.1, 0.15) is 108 Å². The average Bonchev–Trinajstić information content (AvgIpc) is 2.80. The van der Waals surface area contributed by atoms with Gasteiger partial charge < -0.3 is 18.7 Å². The van der Waals surface area contributed by atoms with Crippen LogP contribution in [-0.4, -0.2) is 57.9 Å². The topological polar surface area (TPSA) is 82.1 Å². The van der Waals surface area contributed by atoms with E-state index in [1.54, 1.807) is 6.92 Å². The Morgan fingerprint density at radius 2 is 1.46 bits per heavy atom. The number of aliphatic hydroxyl groups excluding tert-OH is 1. The molecule has 6 nitrogen and oxygen atoms in total. The molecule has 41 heavy (non-hydrogen) atoms. The molecule has 2 unspecified atom stereocenters. The van der Waals surface area contributed by atoms with E-state index in [0.29, 0.717) is 6.42 Å². The Balaban J connectivity index is 3.65. The van der Waals surface area contributed by atoms with Crippen molar-refractivity contribution in [1.29, 1.82) is 0 Å². The maximum Gasteiger partial charge on any atom is 0.308 e. The molecule has 8 heteroatoms. The van der Waals surface area contributed by atoms with Gasteiger partial charge in [0.2, 0.25) is 0 Å². The van der Waals surface area contributed by atoms with Gasteiger partial charge >= 0.3 is 5.97 Å². The molecule has 6 atom stereocenters. The fourth-order valence-corrected chi connectivity index (χ4v) is 7.79. The minimum absolute atomic E-state index is 0.0150. The molecule has 0 saturated heterocycles. The lowest BCUT2D eigenvalue weighted by Gasteiger charge is -2.46. The number of rotatable bonds is 5. The molecule has 0 aliphatic carbocycles. The summed E-state index contributed by atoms with van der Waals surface area (Å²) < 4.78 is 19.7. The first-order chi connectivity index (χ1) is 18.3. The van der Waals surface area contributed by atoms with Crippen LogP contribution in [0.15, 0.2) is 12.2 Å². The van der Waals surface area contributed by atoms with Crippen LogP contribution >= 0.6 is 0 Å². The van der Waals surface area contributed by atoms with Crippen molar-refractivity contribution in [3.05, 3.63) is 12.2 Å². The largest absolute Gasteiger partial charge is 0.459 e. The van der Waals surface area contributed by atoms with Crippen LogP contribution in [-0.2, 0) is 23.2 Å². The molecule has 0 saturated carbocycles. The summed E-state index contributed by atoms with van der Waals surface area (Å²) in [5, 5.41) is 10.2.